The highest BCUT2D eigenvalue weighted by Gasteiger charge is 2.28. The molecule has 0 amide bonds. The smallest absolute Gasteiger partial charge is 0.113 e. The number of aryl methyl sites for hydroxylation is 1. The highest BCUT2D eigenvalue weighted by Crippen LogP contribution is 2.35. The lowest BCUT2D eigenvalue weighted by Gasteiger charge is -2.11. The Morgan fingerprint density at radius 2 is 2.13 bits per heavy atom. The SMILES string of the molecule is CC(C)[C@@H]1CCn2c1nc1ccccc12. The maximum absolute atomic E-state index is 4.76. The third-order valence-corrected chi connectivity index (χ3v) is 3.48. The zero-order valence-corrected chi connectivity index (χ0v) is 9.27. The lowest BCUT2D eigenvalue weighted by atomic mass is 9.94. The van der Waals surface area contributed by atoms with Crippen LogP contribution >= 0.6 is 0 Å². The van der Waals surface area contributed by atoms with Gasteiger partial charge in [-0.3, -0.25) is 0 Å². The molecule has 0 spiro atoms. The van der Waals surface area contributed by atoms with Crippen LogP contribution in [0.1, 0.15) is 32.0 Å². The Kier molecular flexibility index (Phi) is 1.84. The molecule has 0 bridgehead atoms. The lowest BCUT2D eigenvalue weighted by molar-refractivity contribution is 0.488. The predicted octanol–water partition coefficient (Wildman–Crippen LogP) is 3.18. The molecule has 0 unspecified atom stereocenters. The molecule has 0 saturated heterocycles. The van der Waals surface area contributed by atoms with Gasteiger partial charge >= 0.3 is 0 Å². The number of hydrogen-bond donors (Lipinski definition) is 0. The topological polar surface area (TPSA) is 17.8 Å². The van der Waals surface area contributed by atoms with E-state index in [2.05, 4.69) is 42.7 Å². The molecule has 1 aromatic carbocycles. The lowest BCUT2D eigenvalue weighted by Crippen LogP contribution is -2.03. The zero-order valence-electron chi connectivity index (χ0n) is 9.27. The summed E-state index contributed by atoms with van der Waals surface area (Å²) < 4.78 is 2.39. The highest BCUT2D eigenvalue weighted by atomic mass is 15.1. The summed E-state index contributed by atoms with van der Waals surface area (Å²) in [4.78, 5) is 4.76. The summed E-state index contributed by atoms with van der Waals surface area (Å²) in [5.41, 5.74) is 2.45. The van der Waals surface area contributed by atoms with E-state index >= 15 is 0 Å². The molecule has 78 valence electrons. The molecular weight excluding hydrogens is 184 g/mol. The summed E-state index contributed by atoms with van der Waals surface area (Å²) in [5.74, 6) is 2.65. The van der Waals surface area contributed by atoms with Gasteiger partial charge < -0.3 is 4.57 Å². The van der Waals surface area contributed by atoms with Crippen LogP contribution in [0.4, 0.5) is 0 Å². The van der Waals surface area contributed by atoms with Crippen LogP contribution in [0.2, 0.25) is 0 Å². The molecule has 0 N–H and O–H groups in total. The van der Waals surface area contributed by atoms with E-state index in [0.717, 1.165) is 12.1 Å². The predicted molar refractivity (Wildman–Crippen MR) is 61.9 cm³/mol. The Bertz CT molecular complexity index is 496. The standard InChI is InChI=1S/C13H16N2/c1-9(2)10-7-8-15-12-6-4-3-5-11(12)14-13(10)15/h3-6,9-10H,7-8H2,1-2H3/t10-/m0/s1. The van der Waals surface area contributed by atoms with Gasteiger partial charge in [0, 0.05) is 12.5 Å². The molecule has 2 nitrogen and oxygen atoms in total. The Hall–Kier alpha value is -1.31. The van der Waals surface area contributed by atoms with Gasteiger partial charge in [-0.15, -0.1) is 0 Å². The van der Waals surface area contributed by atoms with Gasteiger partial charge in [-0.05, 0) is 24.5 Å². The second-order valence-corrected chi connectivity index (χ2v) is 4.75. The number of aromatic nitrogens is 2. The minimum Gasteiger partial charge on any atom is -0.328 e. The number of hydrogen-bond acceptors (Lipinski definition) is 1. The van der Waals surface area contributed by atoms with Gasteiger partial charge in [-0.25, -0.2) is 4.98 Å². The Balaban J connectivity index is 2.21. The molecule has 2 aromatic rings. The van der Waals surface area contributed by atoms with Gasteiger partial charge in [0.05, 0.1) is 11.0 Å². The second-order valence-electron chi connectivity index (χ2n) is 4.75. The average molecular weight is 200 g/mol. The van der Waals surface area contributed by atoms with Crippen LogP contribution < -0.4 is 0 Å². The number of fused-ring (bicyclic) bond motifs is 3. The van der Waals surface area contributed by atoms with Crippen molar-refractivity contribution >= 4 is 11.0 Å². The fourth-order valence-corrected chi connectivity index (χ4v) is 2.64. The van der Waals surface area contributed by atoms with Crippen molar-refractivity contribution in [1.82, 2.24) is 9.55 Å². The minimum atomic E-state index is 0.650. The van der Waals surface area contributed by atoms with Gasteiger partial charge in [0.1, 0.15) is 5.82 Å². The highest BCUT2D eigenvalue weighted by molar-refractivity contribution is 5.76. The largest absolute Gasteiger partial charge is 0.328 e. The van der Waals surface area contributed by atoms with Crippen LogP contribution in [0.3, 0.4) is 0 Å². The van der Waals surface area contributed by atoms with Crippen LogP contribution in [0.5, 0.6) is 0 Å². The van der Waals surface area contributed by atoms with E-state index in [9.17, 15) is 0 Å². The first kappa shape index (κ1) is 8.96. The molecule has 0 aliphatic carbocycles. The number of para-hydroxylation sites is 2. The summed E-state index contributed by atoms with van der Waals surface area (Å²) in [6.45, 7) is 5.72. The molecule has 1 atom stereocenters. The van der Waals surface area contributed by atoms with E-state index in [0.29, 0.717) is 11.8 Å². The van der Waals surface area contributed by atoms with Gasteiger partial charge in [0.15, 0.2) is 0 Å². The van der Waals surface area contributed by atoms with Crippen LogP contribution in [0.25, 0.3) is 11.0 Å². The van der Waals surface area contributed by atoms with Crippen molar-refractivity contribution in [3.8, 4) is 0 Å². The van der Waals surface area contributed by atoms with Crippen LogP contribution in [0, 0.1) is 5.92 Å². The van der Waals surface area contributed by atoms with Crippen molar-refractivity contribution in [3.05, 3.63) is 30.1 Å². The molecule has 0 fully saturated rings. The number of benzene rings is 1. The number of rotatable bonds is 1. The maximum atomic E-state index is 4.76. The Labute approximate surface area is 89.9 Å². The minimum absolute atomic E-state index is 0.650. The first-order valence-corrected chi connectivity index (χ1v) is 5.72. The molecule has 0 radical (unpaired) electrons. The van der Waals surface area contributed by atoms with Crippen molar-refractivity contribution in [2.45, 2.75) is 32.7 Å². The third-order valence-electron chi connectivity index (χ3n) is 3.48. The molecule has 3 rings (SSSR count). The van der Waals surface area contributed by atoms with Crippen molar-refractivity contribution in [3.63, 3.8) is 0 Å². The Morgan fingerprint density at radius 1 is 1.33 bits per heavy atom. The summed E-state index contributed by atoms with van der Waals surface area (Å²) in [6.07, 6.45) is 1.25. The zero-order chi connectivity index (χ0) is 10.4. The average Bonchev–Trinajstić information content (AvgIpc) is 2.74. The van der Waals surface area contributed by atoms with Gasteiger partial charge in [-0.2, -0.15) is 0 Å². The summed E-state index contributed by atoms with van der Waals surface area (Å²) in [7, 11) is 0. The second kappa shape index (κ2) is 3.09. The number of imidazole rings is 1. The van der Waals surface area contributed by atoms with Crippen LogP contribution in [0.15, 0.2) is 24.3 Å². The quantitative estimate of drug-likeness (QED) is 0.691. The first-order valence-electron chi connectivity index (χ1n) is 5.72. The monoisotopic (exact) mass is 200 g/mol. The summed E-state index contributed by atoms with van der Waals surface area (Å²) in [5, 5.41) is 0. The van der Waals surface area contributed by atoms with Gasteiger partial charge in [0.25, 0.3) is 0 Å². The van der Waals surface area contributed by atoms with Gasteiger partial charge in [-0.1, -0.05) is 26.0 Å². The van der Waals surface area contributed by atoms with Gasteiger partial charge in [0.2, 0.25) is 0 Å². The fraction of sp³-hybridized carbons (Fsp3) is 0.462. The fourth-order valence-electron chi connectivity index (χ4n) is 2.64. The molecule has 2 heterocycles. The Morgan fingerprint density at radius 3 is 2.93 bits per heavy atom. The van der Waals surface area contributed by atoms with E-state index < -0.39 is 0 Å². The van der Waals surface area contributed by atoms with Crippen molar-refractivity contribution < 1.29 is 0 Å². The molecule has 0 saturated carbocycles. The normalized spacial score (nSPS) is 20.1. The maximum Gasteiger partial charge on any atom is 0.113 e. The van der Waals surface area contributed by atoms with E-state index in [1.54, 1.807) is 0 Å². The van der Waals surface area contributed by atoms with E-state index in [1.807, 2.05) is 0 Å². The summed E-state index contributed by atoms with van der Waals surface area (Å²) >= 11 is 0. The molecule has 15 heavy (non-hydrogen) atoms. The summed E-state index contributed by atoms with van der Waals surface area (Å²) in [6, 6.07) is 8.45. The van der Waals surface area contributed by atoms with E-state index in [4.69, 9.17) is 4.98 Å². The van der Waals surface area contributed by atoms with Crippen LogP contribution in [-0.2, 0) is 6.54 Å². The van der Waals surface area contributed by atoms with Crippen molar-refractivity contribution in [1.29, 1.82) is 0 Å². The molecule has 1 aliphatic rings. The molecule has 1 aromatic heterocycles. The molecule has 2 heteroatoms. The molecule has 1 aliphatic heterocycles. The van der Waals surface area contributed by atoms with Crippen LogP contribution in [-0.4, -0.2) is 9.55 Å². The first-order chi connectivity index (χ1) is 7.27. The van der Waals surface area contributed by atoms with Crippen molar-refractivity contribution in [2.24, 2.45) is 5.92 Å². The van der Waals surface area contributed by atoms with Crippen molar-refractivity contribution in [2.75, 3.05) is 0 Å². The third kappa shape index (κ3) is 1.21. The van der Waals surface area contributed by atoms with E-state index in [1.165, 1.54) is 17.8 Å². The molecular formula is C13H16N2. The number of nitrogens with zero attached hydrogens (tertiary/aromatic N) is 2. The van der Waals surface area contributed by atoms with E-state index in [-0.39, 0.29) is 0 Å².